The Balaban J connectivity index is 1.45. The van der Waals surface area contributed by atoms with Gasteiger partial charge in [0.1, 0.15) is 5.82 Å². The van der Waals surface area contributed by atoms with E-state index in [2.05, 4.69) is 60.9 Å². The number of hydrogen-bond acceptors (Lipinski definition) is 3. The number of ether oxygens (including phenoxy) is 1. The van der Waals surface area contributed by atoms with E-state index in [4.69, 9.17) is 9.72 Å². The molecule has 2 aliphatic carbocycles. The second-order valence-electron chi connectivity index (χ2n) is 9.81. The van der Waals surface area contributed by atoms with E-state index >= 15 is 0 Å². The van der Waals surface area contributed by atoms with Crippen LogP contribution in [0.15, 0.2) is 60.7 Å². The molecular weight excluding hydrogens is 396 g/mol. The Kier molecular flexibility index (Phi) is 5.92. The molecule has 2 aromatic carbocycles. The maximum absolute atomic E-state index is 10.5. The van der Waals surface area contributed by atoms with Crippen molar-refractivity contribution in [3.63, 3.8) is 0 Å². The van der Waals surface area contributed by atoms with Gasteiger partial charge in [0.15, 0.2) is 0 Å². The Bertz CT molecular complexity index is 1050. The Hall–Kier alpha value is -2.43. The highest BCUT2D eigenvalue weighted by molar-refractivity contribution is 5.41. The average Bonchev–Trinajstić information content (AvgIpc) is 3.20. The molecule has 4 nitrogen and oxygen atoms in total. The van der Waals surface area contributed by atoms with Crippen molar-refractivity contribution in [2.24, 2.45) is 11.8 Å². The molecule has 2 aliphatic rings. The number of aromatic nitrogens is 2. The van der Waals surface area contributed by atoms with Gasteiger partial charge in [-0.25, -0.2) is 4.98 Å². The van der Waals surface area contributed by atoms with Crippen molar-refractivity contribution in [2.45, 2.75) is 64.1 Å². The van der Waals surface area contributed by atoms with Crippen LogP contribution in [0.2, 0.25) is 0 Å². The third kappa shape index (κ3) is 3.80. The monoisotopic (exact) mass is 430 g/mol. The number of aliphatic hydroxyl groups is 1. The molecule has 5 rings (SSSR count). The zero-order valence-corrected chi connectivity index (χ0v) is 19.2. The van der Waals surface area contributed by atoms with E-state index in [0.29, 0.717) is 25.0 Å². The van der Waals surface area contributed by atoms with Crippen LogP contribution >= 0.6 is 0 Å². The fourth-order valence-electron chi connectivity index (χ4n) is 6.08. The van der Waals surface area contributed by atoms with E-state index in [1.54, 1.807) is 0 Å². The summed E-state index contributed by atoms with van der Waals surface area (Å²) in [6.07, 6.45) is 4.60. The fourth-order valence-corrected chi connectivity index (χ4v) is 6.08. The van der Waals surface area contributed by atoms with Crippen molar-refractivity contribution in [3.05, 3.63) is 83.4 Å². The molecule has 4 atom stereocenters. The van der Waals surface area contributed by atoms with Gasteiger partial charge < -0.3 is 14.4 Å². The van der Waals surface area contributed by atoms with Gasteiger partial charge in [-0.3, -0.25) is 0 Å². The molecular formula is C28H34N2O2. The van der Waals surface area contributed by atoms with Crippen LogP contribution in [0.5, 0.6) is 0 Å². The number of aliphatic hydroxyl groups excluding tert-OH is 1. The van der Waals surface area contributed by atoms with Crippen LogP contribution < -0.4 is 0 Å². The summed E-state index contributed by atoms with van der Waals surface area (Å²) < 4.78 is 8.41. The lowest BCUT2D eigenvalue weighted by atomic mass is 9.56. The van der Waals surface area contributed by atoms with E-state index < -0.39 is 0 Å². The number of para-hydroxylation sites is 1. The molecule has 3 aromatic rings. The summed E-state index contributed by atoms with van der Waals surface area (Å²) in [5.74, 6) is 1.90. The number of nitrogens with zero attached hydrogens (tertiary/aromatic N) is 2. The number of benzene rings is 2. The molecule has 0 saturated heterocycles. The smallest absolute Gasteiger partial charge is 0.116 e. The predicted octanol–water partition coefficient (Wildman–Crippen LogP) is 5.24. The first kappa shape index (κ1) is 21.4. The van der Waals surface area contributed by atoms with Gasteiger partial charge in [-0.15, -0.1) is 0 Å². The SMILES string of the molecule is C[C@@H]1C(O)CC[C@]2(C)c3nc(CCOCc4ccccc4)n(-c4ccccc4)c3CC[C@@H]12. The minimum atomic E-state index is -0.184. The first-order valence-corrected chi connectivity index (χ1v) is 12.0. The minimum absolute atomic E-state index is 0.0336. The van der Waals surface area contributed by atoms with Crippen molar-refractivity contribution in [2.75, 3.05) is 6.61 Å². The summed E-state index contributed by atoms with van der Waals surface area (Å²) in [7, 11) is 0. The van der Waals surface area contributed by atoms with E-state index in [1.165, 1.54) is 22.6 Å². The van der Waals surface area contributed by atoms with E-state index in [9.17, 15) is 5.11 Å². The largest absolute Gasteiger partial charge is 0.393 e. The fraction of sp³-hybridized carbons (Fsp3) is 0.464. The summed E-state index contributed by atoms with van der Waals surface area (Å²) in [4.78, 5) is 5.29. The van der Waals surface area contributed by atoms with Crippen LogP contribution in [0.25, 0.3) is 5.69 Å². The second kappa shape index (κ2) is 8.84. The van der Waals surface area contributed by atoms with E-state index in [0.717, 1.165) is 37.9 Å². The highest BCUT2D eigenvalue weighted by Gasteiger charge is 2.50. The van der Waals surface area contributed by atoms with Gasteiger partial charge in [0, 0.05) is 23.2 Å². The standard InChI is InChI=1S/C28H34N2O2/c1-20-23-13-14-24-27(28(23,2)17-15-25(20)31)29-26(30(24)22-11-7-4-8-12-22)16-18-32-19-21-9-5-3-6-10-21/h3-12,20,23,25,31H,13-19H2,1-2H3/t20-,23-,25?,28-/m0/s1. The molecule has 0 amide bonds. The molecule has 0 spiro atoms. The molecule has 1 unspecified atom stereocenters. The summed E-state index contributed by atoms with van der Waals surface area (Å²) in [6, 6.07) is 21.0. The molecule has 4 heteroatoms. The van der Waals surface area contributed by atoms with Gasteiger partial charge in [0.2, 0.25) is 0 Å². The van der Waals surface area contributed by atoms with Gasteiger partial charge in [0.25, 0.3) is 0 Å². The van der Waals surface area contributed by atoms with Gasteiger partial charge >= 0.3 is 0 Å². The van der Waals surface area contributed by atoms with Crippen molar-refractivity contribution in [1.29, 1.82) is 0 Å². The zero-order chi connectivity index (χ0) is 22.1. The third-order valence-electron chi connectivity index (χ3n) is 7.89. The van der Waals surface area contributed by atoms with Crippen LogP contribution in [-0.4, -0.2) is 27.4 Å². The van der Waals surface area contributed by atoms with Gasteiger partial charge in [-0.2, -0.15) is 0 Å². The summed E-state index contributed by atoms with van der Waals surface area (Å²) in [5.41, 5.74) is 5.03. The molecule has 0 bridgehead atoms. The van der Waals surface area contributed by atoms with Gasteiger partial charge in [-0.1, -0.05) is 62.4 Å². The van der Waals surface area contributed by atoms with Crippen LogP contribution in [-0.2, 0) is 29.6 Å². The van der Waals surface area contributed by atoms with Crippen LogP contribution in [0.3, 0.4) is 0 Å². The minimum Gasteiger partial charge on any atom is -0.393 e. The molecule has 1 N–H and O–H groups in total. The molecule has 1 heterocycles. The first-order chi connectivity index (χ1) is 15.6. The average molecular weight is 431 g/mol. The van der Waals surface area contributed by atoms with Crippen molar-refractivity contribution >= 4 is 0 Å². The highest BCUT2D eigenvalue weighted by Crippen LogP contribution is 2.52. The van der Waals surface area contributed by atoms with E-state index in [-0.39, 0.29) is 11.5 Å². The topological polar surface area (TPSA) is 47.3 Å². The predicted molar refractivity (Wildman–Crippen MR) is 127 cm³/mol. The second-order valence-corrected chi connectivity index (χ2v) is 9.81. The molecule has 0 aliphatic heterocycles. The Labute approximate surface area is 191 Å². The van der Waals surface area contributed by atoms with Gasteiger partial charge in [-0.05, 0) is 55.2 Å². The van der Waals surface area contributed by atoms with Gasteiger partial charge in [0.05, 0.1) is 25.0 Å². The summed E-state index contributed by atoms with van der Waals surface area (Å²) in [6.45, 7) is 5.88. The molecule has 1 saturated carbocycles. The highest BCUT2D eigenvalue weighted by atomic mass is 16.5. The lowest BCUT2D eigenvalue weighted by molar-refractivity contribution is -0.00878. The normalized spacial score (nSPS) is 27.0. The maximum atomic E-state index is 10.5. The molecule has 168 valence electrons. The number of rotatable bonds is 6. The Morgan fingerprint density at radius 2 is 1.78 bits per heavy atom. The lowest BCUT2D eigenvalue weighted by Gasteiger charge is -2.49. The van der Waals surface area contributed by atoms with Crippen molar-refractivity contribution in [1.82, 2.24) is 9.55 Å². The number of hydrogen-bond donors (Lipinski definition) is 1. The van der Waals surface area contributed by atoms with Crippen LogP contribution in [0.4, 0.5) is 0 Å². The zero-order valence-electron chi connectivity index (χ0n) is 19.2. The van der Waals surface area contributed by atoms with Crippen molar-refractivity contribution in [3.8, 4) is 5.69 Å². The Morgan fingerprint density at radius 1 is 1.06 bits per heavy atom. The summed E-state index contributed by atoms with van der Waals surface area (Å²) >= 11 is 0. The molecule has 0 radical (unpaired) electrons. The van der Waals surface area contributed by atoms with Crippen molar-refractivity contribution < 1.29 is 9.84 Å². The van der Waals surface area contributed by atoms with Crippen LogP contribution in [0, 0.1) is 11.8 Å². The lowest BCUT2D eigenvalue weighted by Crippen LogP contribution is -2.48. The molecule has 1 fully saturated rings. The number of fused-ring (bicyclic) bond motifs is 3. The number of imidazole rings is 1. The molecule has 1 aromatic heterocycles. The molecule has 32 heavy (non-hydrogen) atoms. The summed E-state index contributed by atoms with van der Waals surface area (Å²) in [5, 5.41) is 10.5. The van der Waals surface area contributed by atoms with Crippen LogP contribution in [0.1, 0.15) is 55.9 Å². The Morgan fingerprint density at radius 3 is 2.53 bits per heavy atom. The quantitative estimate of drug-likeness (QED) is 0.544. The maximum Gasteiger partial charge on any atom is 0.116 e. The first-order valence-electron chi connectivity index (χ1n) is 12.0. The third-order valence-corrected chi connectivity index (χ3v) is 7.89. The van der Waals surface area contributed by atoms with E-state index in [1.807, 2.05) is 18.2 Å².